The van der Waals surface area contributed by atoms with Crippen LogP contribution in [-0.4, -0.2) is 6.54 Å². The highest BCUT2D eigenvalue weighted by Crippen LogP contribution is 2.28. The van der Waals surface area contributed by atoms with E-state index in [4.69, 9.17) is 0 Å². The molecule has 1 atom stereocenters. The fourth-order valence-corrected chi connectivity index (χ4v) is 2.80. The molecule has 0 bridgehead atoms. The third kappa shape index (κ3) is 3.26. The molecule has 1 unspecified atom stereocenters. The Hall–Kier alpha value is -1.12. The summed E-state index contributed by atoms with van der Waals surface area (Å²) in [6.07, 6.45) is 0. The minimum Gasteiger partial charge on any atom is -0.307 e. The molecule has 0 aliphatic rings. The first-order valence-electron chi connectivity index (χ1n) is 6.68. The van der Waals surface area contributed by atoms with Gasteiger partial charge in [0.25, 0.3) is 0 Å². The van der Waals surface area contributed by atoms with Gasteiger partial charge in [0.1, 0.15) is 0 Å². The standard InChI is InChI=1S/C17H20BrN/c1-4-19-17(14-8-6-9-15(18)11-14)16-10-5-7-12(2)13(16)3/h5-11,17,19H,4H2,1-3H3. The highest BCUT2D eigenvalue weighted by atomic mass is 79.9. The van der Waals surface area contributed by atoms with E-state index in [1.807, 2.05) is 0 Å². The van der Waals surface area contributed by atoms with E-state index in [9.17, 15) is 0 Å². The van der Waals surface area contributed by atoms with E-state index < -0.39 is 0 Å². The zero-order chi connectivity index (χ0) is 13.8. The Morgan fingerprint density at radius 1 is 1.11 bits per heavy atom. The molecule has 1 N–H and O–H groups in total. The largest absolute Gasteiger partial charge is 0.307 e. The SMILES string of the molecule is CCNC(c1cccc(Br)c1)c1cccc(C)c1C. The Kier molecular flexibility index (Phi) is 4.78. The molecule has 1 nitrogen and oxygen atoms in total. The Balaban J connectivity index is 2.48. The number of nitrogens with one attached hydrogen (secondary N) is 1. The van der Waals surface area contributed by atoms with Gasteiger partial charge in [-0.3, -0.25) is 0 Å². The highest BCUT2D eigenvalue weighted by Gasteiger charge is 2.15. The van der Waals surface area contributed by atoms with Crippen LogP contribution in [0, 0.1) is 13.8 Å². The molecule has 0 fully saturated rings. The van der Waals surface area contributed by atoms with Crippen molar-refractivity contribution >= 4 is 15.9 Å². The first kappa shape index (κ1) is 14.3. The van der Waals surface area contributed by atoms with Crippen molar-refractivity contribution in [1.82, 2.24) is 5.32 Å². The molecule has 0 saturated heterocycles. The second-order valence-corrected chi connectivity index (χ2v) is 5.75. The summed E-state index contributed by atoms with van der Waals surface area (Å²) in [6, 6.07) is 15.3. The van der Waals surface area contributed by atoms with Crippen LogP contribution < -0.4 is 5.32 Å². The number of hydrogen-bond acceptors (Lipinski definition) is 1. The van der Waals surface area contributed by atoms with Crippen molar-refractivity contribution in [3.63, 3.8) is 0 Å². The number of aryl methyl sites for hydroxylation is 1. The lowest BCUT2D eigenvalue weighted by Gasteiger charge is -2.22. The third-order valence-electron chi connectivity index (χ3n) is 3.55. The molecule has 2 rings (SSSR count). The average Bonchev–Trinajstić information content (AvgIpc) is 2.40. The van der Waals surface area contributed by atoms with Crippen LogP contribution in [0.25, 0.3) is 0 Å². The zero-order valence-corrected chi connectivity index (χ0v) is 13.3. The van der Waals surface area contributed by atoms with Gasteiger partial charge in [-0.25, -0.2) is 0 Å². The molecule has 100 valence electrons. The lowest BCUT2D eigenvalue weighted by atomic mass is 9.92. The van der Waals surface area contributed by atoms with Gasteiger partial charge in [-0.15, -0.1) is 0 Å². The van der Waals surface area contributed by atoms with Gasteiger partial charge in [0.05, 0.1) is 6.04 Å². The van der Waals surface area contributed by atoms with E-state index in [0.29, 0.717) is 0 Å². The summed E-state index contributed by atoms with van der Waals surface area (Å²) < 4.78 is 1.12. The minimum atomic E-state index is 0.252. The van der Waals surface area contributed by atoms with Gasteiger partial charge in [0.2, 0.25) is 0 Å². The Morgan fingerprint density at radius 2 is 1.84 bits per heavy atom. The van der Waals surface area contributed by atoms with E-state index in [1.54, 1.807) is 0 Å². The van der Waals surface area contributed by atoms with Crippen LogP contribution in [-0.2, 0) is 0 Å². The lowest BCUT2D eigenvalue weighted by molar-refractivity contribution is 0.627. The quantitative estimate of drug-likeness (QED) is 0.856. The Bertz CT molecular complexity index is 563. The van der Waals surface area contributed by atoms with Crippen molar-refractivity contribution in [1.29, 1.82) is 0 Å². The number of hydrogen-bond donors (Lipinski definition) is 1. The Morgan fingerprint density at radius 3 is 2.53 bits per heavy atom. The fourth-order valence-electron chi connectivity index (χ4n) is 2.38. The van der Waals surface area contributed by atoms with Gasteiger partial charge in [0, 0.05) is 4.47 Å². The van der Waals surface area contributed by atoms with Gasteiger partial charge in [0.15, 0.2) is 0 Å². The summed E-state index contributed by atoms with van der Waals surface area (Å²) in [4.78, 5) is 0. The molecule has 0 aromatic heterocycles. The first-order valence-corrected chi connectivity index (χ1v) is 7.47. The second kappa shape index (κ2) is 6.36. The van der Waals surface area contributed by atoms with Crippen LogP contribution in [0.4, 0.5) is 0 Å². The molecule has 0 saturated carbocycles. The monoisotopic (exact) mass is 317 g/mol. The van der Waals surface area contributed by atoms with Crippen LogP contribution in [0.15, 0.2) is 46.9 Å². The van der Waals surface area contributed by atoms with Crippen LogP contribution in [0.5, 0.6) is 0 Å². The zero-order valence-electron chi connectivity index (χ0n) is 11.7. The second-order valence-electron chi connectivity index (χ2n) is 4.83. The van der Waals surface area contributed by atoms with Crippen molar-refractivity contribution in [2.75, 3.05) is 6.54 Å². The molecule has 0 spiro atoms. The smallest absolute Gasteiger partial charge is 0.0579 e. The summed E-state index contributed by atoms with van der Waals surface area (Å²) in [7, 11) is 0. The van der Waals surface area contributed by atoms with Crippen LogP contribution in [0.2, 0.25) is 0 Å². The van der Waals surface area contributed by atoms with Gasteiger partial charge in [-0.1, -0.05) is 53.2 Å². The van der Waals surface area contributed by atoms with E-state index in [0.717, 1.165) is 11.0 Å². The maximum atomic E-state index is 3.59. The fraction of sp³-hybridized carbons (Fsp3) is 0.294. The highest BCUT2D eigenvalue weighted by molar-refractivity contribution is 9.10. The van der Waals surface area contributed by atoms with Crippen LogP contribution in [0.1, 0.15) is 35.2 Å². The number of rotatable bonds is 4. The van der Waals surface area contributed by atoms with Crippen molar-refractivity contribution < 1.29 is 0 Å². The third-order valence-corrected chi connectivity index (χ3v) is 4.04. The van der Waals surface area contributed by atoms with E-state index >= 15 is 0 Å². The molecule has 2 aromatic rings. The van der Waals surface area contributed by atoms with Crippen LogP contribution in [0.3, 0.4) is 0 Å². The van der Waals surface area contributed by atoms with Gasteiger partial charge < -0.3 is 5.32 Å². The van der Waals surface area contributed by atoms with Gasteiger partial charge in [-0.05, 0) is 54.8 Å². The topological polar surface area (TPSA) is 12.0 Å². The molecular weight excluding hydrogens is 298 g/mol. The maximum Gasteiger partial charge on any atom is 0.0579 e. The molecule has 0 radical (unpaired) electrons. The van der Waals surface area contributed by atoms with E-state index in [1.165, 1.54) is 22.3 Å². The summed E-state index contributed by atoms with van der Waals surface area (Å²) in [5.74, 6) is 0. The average molecular weight is 318 g/mol. The predicted octanol–water partition coefficient (Wildman–Crippen LogP) is 4.76. The first-order chi connectivity index (χ1) is 9.13. The minimum absolute atomic E-state index is 0.252. The lowest BCUT2D eigenvalue weighted by Crippen LogP contribution is -2.23. The summed E-state index contributed by atoms with van der Waals surface area (Å²) in [6.45, 7) is 7.47. The maximum absolute atomic E-state index is 3.59. The number of benzene rings is 2. The molecule has 2 heteroatoms. The van der Waals surface area contributed by atoms with Crippen molar-refractivity contribution in [3.8, 4) is 0 Å². The molecule has 19 heavy (non-hydrogen) atoms. The molecular formula is C17H20BrN. The normalized spacial score (nSPS) is 12.4. The molecule has 0 amide bonds. The van der Waals surface area contributed by atoms with Crippen molar-refractivity contribution in [3.05, 3.63) is 69.2 Å². The molecule has 2 aromatic carbocycles. The van der Waals surface area contributed by atoms with Crippen LogP contribution >= 0.6 is 15.9 Å². The summed E-state index contributed by atoms with van der Waals surface area (Å²) in [5.41, 5.74) is 5.37. The summed E-state index contributed by atoms with van der Waals surface area (Å²) in [5, 5.41) is 3.59. The van der Waals surface area contributed by atoms with E-state index in [2.05, 4.69) is 84.5 Å². The van der Waals surface area contributed by atoms with E-state index in [-0.39, 0.29) is 6.04 Å². The van der Waals surface area contributed by atoms with Crippen molar-refractivity contribution in [2.24, 2.45) is 0 Å². The van der Waals surface area contributed by atoms with Crippen molar-refractivity contribution in [2.45, 2.75) is 26.8 Å². The molecule has 0 aliphatic heterocycles. The Labute approximate surface area is 124 Å². The summed E-state index contributed by atoms with van der Waals surface area (Å²) >= 11 is 3.56. The molecule has 0 aliphatic carbocycles. The predicted molar refractivity (Wildman–Crippen MR) is 85.6 cm³/mol. The molecule has 0 heterocycles. The van der Waals surface area contributed by atoms with Gasteiger partial charge in [-0.2, -0.15) is 0 Å². The van der Waals surface area contributed by atoms with Gasteiger partial charge >= 0.3 is 0 Å². The number of halogens is 1.